The number of hydrogen-bond donors (Lipinski definition) is 1. The predicted molar refractivity (Wildman–Crippen MR) is 87.4 cm³/mol. The molecule has 0 spiro atoms. The van der Waals surface area contributed by atoms with Crippen molar-refractivity contribution in [2.45, 2.75) is 19.6 Å². The van der Waals surface area contributed by atoms with Crippen molar-refractivity contribution in [3.05, 3.63) is 59.4 Å². The van der Waals surface area contributed by atoms with Gasteiger partial charge in [0.15, 0.2) is 0 Å². The summed E-state index contributed by atoms with van der Waals surface area (Å²) in [7, 11) is 0. The van der Waals surface area contributed by atoms with Crippen LogP contribution in [0.1, 0.15) is 5.82 Å². The molecule has 1 atom stereocenters. The number of aryl methyl sites for hydroxylation is 1. The molecule has 114 valence electrons. The number of halogens is 1. The summed E-state index contributed by atoms with van der Waals surface area (Å²) in [6.07, 6.45) is -0.619. The fraction of sp³-hybridized carbons (Fsp3) is 0.235. The van der Waals surface area contributed by atoms with Crippen LogP contribution >= 0.6 is 11.6 Å². The van der Waals surface area contributed by atoms with Gasteiger partial charge < -0.3 is 14.4 Å². The summed E-state index contributed by atoms with van der Waals surface area (Å²) in [5.74, 6) is 1.57. The Morgan fingerprint density at radius 2 is 1.91 bits per heavy atom. The zero-order valence-electron chi connectivity index (χ0n) is 12.2. The van der Waals surface area contributed by atoms with Gasteiger partial charge in [0, 0.05) is 5.02 Å². The first-order valence-corrected chi connectivity index (χ1v) is 7.49. The molecule has 5 heteroatoms. The minimum absolute atomic E-state index is 0.216. The summed E-state index contributed by atoms with van der Waals surface area (Å²) in [5, 5.41) is 10.9. The van der Waals surface area contributed by atoms with Crippen molar-refractivity contribution >= 4 is 22.6 Å². The van der Waals surface area contributed by atoms with Crippen LogP contribution in [-0.2, 0) is 6.54 Å². The Morgan fingerprint density at radius 3 is 2.68 bits per heavy atom. The maximum absolute atomic E-state index is 10.2. The van der Waals surface area contributed by atoms with E-state index in [1.54, 1.807) is 24.3 Å². The van der Waals surface area contributed by atoms with Crippen LogP contribution in [0.2, 0.25) is 5.02 Å². The highest BCUT2D eigenvalue weighted by atomic mass is 35.5. The number of fused-ring (bicyclic) bond motifs is 1. The largest absolute Gasteiger partial charge is 0.491 e. The van der Waals surface area contributed by atoms with Gasteiger partial charge in [0.05, 0.1) is 17.6 Å². The zero-order valence-corrected chi connectivity index (χ0v) is 13.0. The lowest BCUT2D eigenvalue weighted by molar-refractivity contribution is 0.0929. The Morgan fingerprint density at radius 1 is 1.18 bits per heavy atom. The van der Waals surface area contributed by atoms with E-state index in [0.29, 0.717) is 17.3 Å². The zero-order chi connectivity index (χ0) is 15.5. The maximum Gasteiger partial charge on any atom is 0.119 e. The van der Waals surface area contributed by atoms with E-state index in [-0.39, 0.29) is 6.61 Å². The minimum atomic E-state index is -0.619. The number of para-hydroxylation sites is 2. The van der Waals surface area contributed by atoms with Crippen LogP contribution in [0.15, 0.2) is 48.5 Å². The van der Waals surface area contributed by atoms with Crippen LogP contribution in [0, 0.1) is 6.92 Å². The van der Waals surface area contributed by atoms with Gasteiger partial charge in [0.1, 0.15) is 24.3 Å². The van der Waals surface area contributed by atoms with Gasteiger partial charge in [0.25, 0.3) is 0 Å². The molecule has 0 fully saturated rings. The normalized spacial score (nSPS) is 12.5. The van der Waals surface area contributed by atoms with Crippen LogP contribution in [0.25, 0.3) is 11.0 Å². The molecule has 4 nitrogen and oxygen atoms in total. The molecule has 1 heterocycles. The molecule has 0 radical (unpaired) electrons. The number of hydrogen-bond acceptors (Lipinski definition) is 3. The standard InChI is InChI=1S/C17H17ClN2O2/c1-12-19-16-4-2-3-5-17(16)20(12)10-14(21)11-22-15-8-6-13(18)7-9-15/h2-9,14,21H,10-11H2,1H3. The van der Waals surface area contributed by atoms with Crippen LogP contribution < -0.4 is 4.74 Å². The van der Waals surface area contributed by atoms with Crippen molar-refractivity contribution in [3.8, 4) is 5.75 Å². The van der Waals surface area contributed by atoms with Crippen molar-refractivity contribution in [1.82, 2.24) is 9.55 Å². The monoisotopic (exact) mass is 316 g/mol. The highest BCUT2D eigenvalue weighted by Gasteiger charge is 2.12. The van der Waals surface area contributed by atoms with Gasteiger partial charge in [-0.3, -0.25) is 0 Å². The van der Waals surface area contributed by atoms with Gasteiger partial charge in [-0.2, -0.15) is 0 Å². The number of benzene rings is 2. The fourth-order valence-corrected chi connectivity index (χ4v) is 2.54. The smallest absolute Gasteiger partial charge is 0.119 e. The average Bonchev–Trinajstić information content (AvgIpc) is 2.83. The summed E-state index contributed by atoms with van der Waals surface area (Å²) < 4.78 is 7.59. The first-order valence-electron chi connectivity index (χ1n) is 7.12. The molecule has 0 aliphatic heterocycles. The predicted octanol–water partition coefficient (Wildman–Crippen LogP) is 3.44. The van der Waals surface area contributed by atoms with E-state index in [1.165, 1.54) is 0 Å². The lowest BCUT2D eigenvalue weighted by atomic mass is 10.3. The lowest BCUT2D eigenvalue weighted by Gasteiger charge is -2.14. The van der Waals surface area contributed by atoms with Gasteiger partial charge >= 0.3 is 0 Å². The third kappa shape index (κ3) is 3.24. The Labute approximate surface area is 133 Å². The molecule has 3 rings (SSSR count). The maximum atomic E-state index is 10.2. The van der Waals surface area contributed by atoms with Crippen molar-refractivity contribution < 1.29 is 9.84 Å². The molecule has 1 aromatic heterocycles. The molecule has 3 aromatic rings. The Hall–Kier alpha value is -2.04. The molecule has 0 bridgehead atoms. The second-order valence-corrected chi connectivity index (χ2v) is 5.61. The van der Waals surface area contributed by atoms with Gasteiger partial charge in [-0.05, 0) is 43.3 Å². The van der Waals surface area contributed by atoms with Gasteiger partial charge in [-0.1, -0.05) is 23.7 Å². The second kappa shape index (κ2) is 6.38. The molecule has 1 unspecified atom stereocenters. The van der Waals surface area contributed by atoms with Gasteiger partial charge in [0.2, 0.25) is 0 Å². The molecule has 0 saturated carbocycles. The molecular weight excluding hydrogens is 300 g/mol. The molecule has 22 heavy (non-hydrogen) atoms. The highest BCUT2D eigenvalue weighted by molar-refractivity contribution is 6.30. The summed E-state index contributed by atoms with van der Waals surface area (Å²) in [6, 6.07) is 15.0. The molecule has 2 aromatic carbocycles. The summed E-state index contributed by atoms with van der Waals surface area (Å²) in [6.45, 7) is 2.60. The Bertz CT molecular complexity index is 768. The van der Waals surface area contributed by atoms with E-state index in [0.717, 1.165) is 16.9 Å². The third-order valence-corrected chi connectivity index (χ3v) is 3.75. The fourth-order valence-electron chi connectivity index (χ4n) is 2.41. The molecular formula is C17H17ClN2O2. The SMILES string of the molecule is Cc1nc2ccccc2n1CC(O)COc1ccc(Cl)cc1. The van der Waals surface area contributed by atoms with E-state index in [9.17, 15) is 5.11 Å². The van der Waals surface area contributed by atoms with Gasteiger partial charge in [-0.15, -0.1) is 0 Å². The van der Waals surface area contributed by atoms with Crippen LogP contribution in [-0.4, -0.2) is 27.4 Å². The van der Waals surface area contributed by atoms with Crippen LogP contribution in [0.5, 0.6) is 5.75 Å². The van der Waals surface area contributed by atoms with Crippen molar-refractivity contribution in [3.63, 3.8) is 0 Å². The number of rotatable bonds is 5. The third-order valence-electron chi connectivity index (χ3n) is 3.49. The van der Waals surface area contributed by atoms with Gasteiger partial charge in [-0.25, -0.2) is 4.98 Å². The van der Waals surface area contributed by atoms with Crippen molar-refractivity contribution in [1.29, 1.82) is 0 Å². The van der Waals surface area contributed by atoms with Crippen LogP contribution in [0.4, 0.5) is 0 Å². The van der Waals surface area contributed by atoms with E-state index in [2.05, 4.69) is 4.98 Å². The topological polar surface area (TPSA) is 47.3 Å². The van der Waals surface area contributed by atoms with Crippen molar-refractivity contribution in [2.75, 3.05) is 6.61 Å². The number of nitrogens with zero attached hydrogens (tertiary/aromatic N) is 2. The van der Waals surface area contributed by atoms with E-state index in [4.69, 9.17) is 16.3 Å². The molecule has 0 aliphatic carbocycles. The minimum Gasteiger partial charge on any atom is -0.491 e. The Balaban J connectivity index is 1.67. The molecule has 0 saturated heterocycles. The number of aromatic nitrogens is 2. The Kier molecular flexibility index (Phi) is 4.32. The van der Waals surface area contributed by atoms with Crippen LogP contribution in [0.3, 0.4) is 0 Å². The highest BCUT2D eigenvalue weighted by Crippen LogP contribution is 2.18. The molecule has 0 aliphatic rings. The number of ether oxygens (including phenoxy) is 1. The van der Waals surface area contributed by atoms with E-state index in [1.807, 2.05) is 35.8 Å². The average molecular weight is 317 g/mol. The van der Waals surface area contributed by atoms with Crippen molar-refractivity contribution in [2.24, 2.45) is 0 Å². The summed E-state index contributed by atoms with van der Waals surface area (Å²) in [5.41, 5.74) is 1.95. The quantitative estimate of drug-likeness (QED) is 0.784. The number of imidazole rings is 1. The first kappa shape index (κ1) is 14.9. The molecule has 0 amide bonds. The number of aliphatic hydroxyl groups excluding tert-OH is 1. The lowest BCUT2D eigenvalue weighted by Crippen LogP contribution is -2.24. The van der Waals surface area contributed by atoms with E-state index >= 15 is 0 Å². The number of aliphatic hydroxyl groups is 1. The molecule has 1 N–H and O–H groups in total. The van der Waals surface area contributed by atoms with E-state index < -0.39 is 6.10 Å². The first-order chi connectivity index (χ1) is 10.6. The summed E-state index contributed by atoms with van der Waals surface area (Å²) in [4.78, 5) is 4.49. The second-order valence-electron chi connectivity index (χ2n) is 5.18. The summed E-state index contributed by atoms with van der Waals surface area (Å²) >= 11 is 5.83.